The molecule has 2 aromatic rings. The zero-order chi connectivity index (χ0) is 14.7. The third kappa shape index (κ3) is 3.52. The molecule has 21 heavy (non-hydrogen) atoms. The Bertz CT molecular complexity index is 566. The predicted molar refractivity (Wildman–Crippen MR) is 83.0 cm³/mol. The van der Waals surface area contributed by atoms with Crippen LogP contribution in [-0.2, 0) is 6.54 Å². The van der Waals surface area contributed by atoms with E-state index in [0.29, 0.717) is 12.6 Å². The highest BCUT2D eigenvalue weighted by Gasteiger charge is 2.27. The molecule has 0 saturated carbocycles. The van der Waals surface area contributed by atoms with Crippen molar-refractivity contribution < 1.29 is 5.11 Å². The summed E-state index contributed by atoms with van der Waals surface area (Å²) in [4.78, 5) is 2.40. The zero-order valence-electron chi connectivity index (χ0n) is 12.5. The van der Waals surface area contributed by atoms with Gasteiger partial charge >= 0.3 is 0 Å². The van der Waals surface area contributed by atoms with Gasteiger partial charge in [0, 0.05) is 18.8 Å². The van der Waals surface area contributed by atoms with Crippen LogP contribution in [0.25, 0.3) is 0 Å². The van der Waals surface area contributed by atoms with Crippen LogP contribution in [0.3, 0.4) is 0 Å². The van der Waals surface area contributed by atoms with Gasteiger partial charge in [0.25, 0.3) is 0 Å². The van der Waals surface area contributed by atoms with Crippen molar-refractivity contribution in [2.45, 2.75) is 38.5 Å². The number of benzene rings is 1. The molecule has 0 amide bonds. The maximum absolute atomic E-state index is 10.4. The lowest BCUT2D eigenvalue weighted by atomic mass is 10.1. The van der Waals surface area contributed by atoms with Crippen LogP contribution in [0.15, 0.2) is 42.7 Å². The first-order valence-electron chi connectivity index (χ1n) is 7.68. The fourth-order valence-corrected chi connectivity index (χ4v) is 3.13. The van der Waals surface area contributed by atoms with Crippen LogP contribution in [0.1, 0.15) is 30.1 Å². The Morgan fingerprint density at radius 3 is 2.86 bits per heavy atom. The van der Waals surface area contributed by atoms with Crippen LogP contribution in [0.2, 0.25) is 0 Å². The third-order valence-electron chi connectivity index (χ3n) is 4.25. The molecule has 4 nitrogen and oxygen atoms in total. The van der Waals surface area contributed by atoms with Crippen molar-refractivity contribution >= 4 is 0 Å². The molecule has 1 aromatic heterocycles. The smallest absolute Gasteiger partial charge is 0.0917 e. The number of aliphatic hydroxyl groups excluding tert-OH is 1. The minimum atomic E-state index is -0.411. The van der Waals surface area contributed by atoms with Crippen molar-refractivity contribution in [2.75, 3.05) is 13.1 Å². The Morgan fingerprint density at radius 2 is 2.14 bits per heavy atom. The zero-order valence-corrected chi connectivity index (χ0v) is 12.5. The molecule has 1 N–H and O–H groups in total. The molecular formula is C17H23N3O. The van der Waals surface area contributed by atoms with Crippen molar-refractivity contribution in [1.82, 2.24) is 14.7 Å². The summed E-state index contributed by atoms with van der Waals surface area (Å²) in [6.07, 6.45) is 5.96. The Kier molecular flexibility index (Phi) is 4.36. The molecule has 0 unspecified atom stereocenters. The Balaban J connectivity index is 1.61. The molecule has 0 radical (unpaired) electrons. The molecule has 2 heterocycles. The molecule has 1 aliphatic heterocycles. The molecule has 3 rings (SSSR count). The molecule has 0 bridgehead atoms. The quantitative estimate of drug-likeness (QED) is 0.917. The lowest BCUT2D eigenvalue weighted by molar-refractivity contribution is 0.100. The van der Waals surface area contributed by atoms with Crippen molar-refractivity contribution in [3.05, 3.63) is 53.9 Å². The summed E-state index contributed by atoms with van der Waals surface area (Å²) in [6, 6.07) is 10.4. The lowest BCUT2D eigenvalue weighted by Crippen LogP contribution is -2.36. The van der Waals surface area contributed by atoms with Crippen LogP contribution < -0.4 is 0 Å². The van der Waals surface area contributed by atoms with E-state index in [4.69, 9.17) is 0 Å². The van der Waals surface area contributed by atoms with Gasteiger partial charge in [0.1, 0.15) is 0 Å². The number of hydrogen-bond donors (Lipinski definition) is 1. The fourth-order valence-electron chi connectivity index (χ4n) is 3.13. The minimum absolute atomic E-state index is 0.411. The summed E-state index contributed by atoms with van der Waals surface area (Å²) in [5, 5.41) is 14.8. The summed E-state index contributed by atoms with van der Waals surface area (Å²) in [5.74, 6) is 0. The molecule has 1 aliphatic rings. The maximum atomic E-state index is 10.4. The number of rotatable bonds is 5. The van der Waals surface area contributed by atoms with Gasteiger partial charge in [-0.15, -0.1) is 0 Å². The van der Waals surface area contributed by atoms with Gasteiger partial charge in [-0.25, -0.2) is 0 Å². The second kappa shape index (κ2) is 6.41. The molecule has 112 valence electrons. The number of aromatic nitrogens is 2. The summed E-state index contributed by atoms with van der Waals surface area (Å²) < 4.78 is 2.02. The van der Waals surface area contributed by atoms with Gasteiger partial charge in [-0.05, 0) is 37.4 Å². The fraction of sp³-hybridized carbons (Fsp3) is 0.471. The van der Waals surface area contributed by atoms with Gasteiger partial charge < -0.3 is 5.11 Å². The Labute approximate surface area is 126 Å². The van der Waals surface area contributed by atoms with E-state index in [1.807, 2.05) is 41.2 Å². The van der Waals surface area contributed by atoms with Crippen molar-refractivity contribution in [3.63, 3.8) is 0 Å². The van der Waals surface area contributed by atoms with Gasteiger partial charge in [0.2, 0.25) is 0 Å². The molecule has 0 aliphatic carbocycles. The van der Waals surface area contributed by atoms with Crippen LogP contribution in [0.5, 0.6) is 0 Å². The predicted octanol–water partition coefficient (Wildman–Crippen LogP) is 2.39. The van der Waals surface area contributed by atoms with E-state index in [2.05, 4.69) is 23.1 Å². The average molecular weight is 285 g/mol. The molecule has 0 spiro atoms. The van der Waals surface area contributed by atoms with Crippen molar-refractivity contribution in [2.24, 2.45) is 0 Å². The highest BCUT2D eigenvalue weighted by molar-refractivity contribution is 5.17. The highest BCUT2D eigenvalue weighted by Crippen LogP contribution is 2.23. The molecule has 1 aromatic carbocycles. The highest BCUT2D eigenvalue weighted by atomic mass is 16.3. The largest absolute Gasteiger partial charge is 0.387 e. The van der Waals surface area contributed by atoms with Crippen LogP contribution in [-0.4, -0.2) is 38.9 Å². The first-order chi connectivity index (χ1) is 10.2. The number of β-amino-alcohol motifs (C(OH)–C–C–N with tert-alkyl or cyclic N) is 1. The first-order valence-corrected chi connectivity index (χ1v) is 7.68. The van der Waals surface area contributed by atoms with Crippen LogP contribution in [0.4, 0.5) is 0 Å². The summed E-state index contributed by atoms with van der Waals surface area (Å²) in [7, 11) is 0. The maximum Gasteiger partial charge on any atom is 0.0917 e. The lowest BCUT2D eigenvalue weighted by Gasteiger charge is -2.27. The first kappa shape index (κ1) is 14.3. The summed E-state index contributed by atoms with van der Waals surface area (Å²) in [5.41, 5.74) is 2.20. The number of aliphatic hydroxyl groups is 1. The summed E-state index contributed by atoms with van der Waals surface area (Å²) >= 11 is 0. The van der Waals surface area contributed by atoms with Gasteiger partial charge in [-0.3, -0.25) is 9.58 Å². The standard InChI is InChI=1S/C17H23N3O/c1-14-10-18-20(11-14)12-16-8-5-9-19(16)13-17(21)15-6-3-2-4-7-15/h2-4,6-7,10-11,16-17,21H,5,8-9,12-13H2,1H3/t16-,17+/m1/s1. The van der Waals surface area contributed by atoms with E-state index in [1.165, 1.54) is 18.4 Å². The molecule has 2 atom stereocenters. The van der Waals surface area contributed by atoms with Crippen molar-refractivity contribution in [3.8, 4) is 0 Å². The molecule has 1 fully saturated rings. The van der Waals surface area contributed by atoms with Gasteiger partial charge in [0.05, 0.1) is 18.8 Å². The Morgan fingerprint density at radius 1 is 1.33 bits per heavy atom. The topological polar surface area (TPSA) is 41.3 Å². The van der Waals surface area contributed by atoms with E-state index < -0.39 is 6.10 Å². The van der Waals surface area contributed by atoms with Gasteiger partial charge in [0.15, 0.2) is 0 Å². The van der Waals surface area contributed by atoms with E-state index in [1.54, 1.807) is 0 Å². The monoisotopic (exact) mass is 285 g/mol. The molecule has 1 saturated heterocycles. The second-order valence-corrected chi connectivity index (χ2v) is 5.96. The number of nitrogens with zero attached hydrogens (tertiary/aromatic N) is 3. The molecule has 4 heteroatoms. The van der Waals surface area contributed by atoms with E-state index >= 15 is 0 Å². The van der Waals surface area contributed by atoms with E-state index in [0.717, 1.165) is 18.7 Å². The minimum Gasteiger partial charge on any atom is -0.387 e. The number of likely N-dealkylation sites (tertiary alicyclic amines) is 1. The van der Waals surface area contributed by atoms with Crippen molar-refractivity contribution in [1.29, 1.82) is 0 Å². The van der Waals surface area contributed by atoms with Gasteiger partial charge in [-0.2, -0.15) is 5.10 Å². The van der Waals surface area contributed by atoms with E-state index in [9.17, 15) is 5.11 Å². The average Bonchev–Trinajstić information content (AvgIpc) is 3.10. The normalized spacial score (nSPS) is 20.8. The SMILES string of the molecule is Cc1cnn(C[C@H]2CCCN2C[C@H](O)c2ccccc2)c1. The number of hydrogen-bond acceptors (Lipinski definition) is 3. The van der Waals surface area contributed by atoms with Gasteiger partial charge in [-0.1, -0.05) is 30.3 Å². The molecular weight excluding hydrogens is 262 g/mol. The van der Waals surface area contributed by atoms with Crippen LogP contribution >= 0.6 is 0 Å². The number of aryl methyl sites for hydroxylation is 1. The van der Waals surface area contributed by atoms with Crippen LogP contribution in [0, 0.1) is 6.92 Å². The second-order valence-electron chi connectivity index (χ2n) is 5.96. The van der Waals surface area contributed by atoms with E-state index in [-0.39, 0.29) is 0 Å². The Hall–Kier alpha value is -1.65. The summed E-state index contributed by atoms with van der Waals surface area (Å²) in [6.45, 7) is 4.74. The third-order valence-corrected chi connectivity index (χ3v) is 4.25.